The fourth-order valence-electron chi connectivity index (χ4n) is 2.79. The fourth-order valence-corrected chi connectivity index (χ4v) is 5.35. The first-order valence-corrected chi connectivity index (χ1v) is 9.57. The molecule has 6 heteroatoms. The third kappa shape index (κ3) is 3.50. The van der Waals surface area contributed by atoms with Gasteiger partial charge < -0.3 is 5.32 Å². The van der Waals surface area contributed by atoms with Crippen LogP contribution in [0.5, 0.6) is 0 Å². The minimum atomic E-state index is -3.42. The summed E-state index contributed by atoms with van der Waals surface area (Å²) in [5.41, 5.74) is 1.94. The molecule has 1 aliphatic heterocycles. The number of nitrogens with zero attached hydrogens (tertiary/aromatic N) is 1. The highest BCUT2D eigenvalue weighted by Crippen LogP contribution is 2.32. The van der Waals surface area contributed by atoms with Gasteiger partial charge in [-0.1, -0.05) is 19.4 Å². The molecule has 118 valence electrons. The first-order valence-electron chi connectivity index (χ1n) is 7.34. The van der Waals surface area contributed by atoms with Gasteiger partial charge in [0.05, 0.1) is 4.90 Å². The van der Waals surface area contributed by atoms with E-state index in [1.165, 1.54) is 0 Å². The summed E-state index contributed by atoms with van der Waals surface area (Å²) in [5.74, 6) is 0.486. The number of aryl methyl sites for hydroxylation is 1. The maximum atomic E-state index is 12.9. The molecule has 0 bridgehead atoms. The van der Waals surface area contributed by atoms with Crippen LogP contribution in [0.1, 0.15) is 30.9 Å². The molecular weight excluding hydrogens is 352 g/mol. The molecule has 1 atom stereocenters. The molecule has 0 amide bonds. The zero-order chi connectivity index (χ0) is 15.6. The van der Waals surface area contributed by atoms with Gasteiger partial charge in [0.15, 0.2) is 0 Å². The smallest absolute Gasteiger partial charge is 0.244 e. The number of hydrogen-bond acceptors (Lipinski definition) is 3. The molecule has 1 aliphatic rings. The summed E-state index contributed by atoms with van der Waals surface area (Å²) in [4.78, 5) is 0.393. The van der Waals surface area contributed by atoms with E-state index in [4.69, 9.17) is 0 Å². The molecule has 1 aromatic rings. The second-order valence-electron chi connectivity index (χ2n) is 5.68. The Morgan fingerprint density at radius 3 is 2.71 bits per heavy atom. The molecule has 21 heavy (non-hydrogen) atoms. The fraction of sp³-hybridized carbons (Fsp3) is 0.600. The van der Waals surface area contributed by atoms with E-state index in [1.807, 2.05) is 20.0 Å². The Morgan fingerprint density at radius 2 is 2.14 bits per heavy atom. The van der Waals surface area contributed by atoms with Crippen molar-refractivity contribution in [1.29, 1.82) is 0 Å². The third-order valence-corrected chi connectivity index (χ3v) is 7.31. The molecule has 1 saturated heterocycles. The standard InChI is InChI=1S/C15H23BrN2O2S/c1-4-12-5-6-18(10-12)21(19,20)14-8-13(9-17-3)7-11(2)15(14)16/h7-8,12,17H,4-6,9-10H2,1-3H3. The average molecular weight is 375 g/mol. The average Bonchev–Trinajstić information content (AvgIpc) is 2.92. The largest absolute Gasteiger partial charge is 0.316 e. The van der Waals surface area contributed by atoms with Gasteiger partial charge in [0.25, 0.3) is 0 Å². The highest BCUT2D eigenvalue weighted by Gasteiger charge is 2.33. The molecule has 0 spiro atoms. The lowest BCUT2D eigenvalue weighted by molar-refractivity contribution is 0.452. The first-order chi connectivity index (χ1) is 9.90. The summed E-state index contributed by atoms with van der Waals surface area (Å²) in [6.45, 7) is 5.98. The molecule has 1 heterocycles. The second kappa shape index (κ2) is 6.77. The van der Waals surface area contributed by atoms with E-state index in [-0.39, 0.29) is 0 Å². The van der Waals surface area contributed by atoms with E-state index >= 15 is 0 Å². The van der Waals surface area contributed by atoms with E-state index in [1.54, 1.807) is 10.4 Å². The molecule has 0 aromatic heterocycles. The van der Waals surface area contributed by atoms with Crippen molar-refractivity contribution >= 4 is 26.0 Å². The van der Waals surface area contributed by atoms with Crippen molar-refractivity contribution in [3.05, 3.63) is 27.7 Å². The third-order valence-electron chi connectivity index (χ3n) is 4.11. The monoisotopic (exact) mass is 374 g/mol. The van der Waals surface area contributed by atoms with Gasteiger partial charge in [0, 0.05) is 24.1 Å². The molecule has 2 rings (SSSR count). The van der Waals surface area contributed by atoms with Crippen LogP contribution in [0.2, 0.25) is 0 Å². The summed E-state index contributed by atoms with van der Waals surface area (Å²) in [7, 11) is -1.56. The molecule has 1 N–H and O–H groups in total. The summed E-state index contributed by atoms with van der Waals surface area (Å²) in [5, 5.41) is 3.07. The Labute approximate surface area is 136 Å². The Balaban J connectivity index is 2.40. The predicted molar refractivity (Wildman–Crippen MR) is 88.8 cm³/mol. The highest BCUT2D eigenvalue weighted by atomic mass is 79.9. The molecule has 1 fully saturated rings. The van der Waals surface area contributed by atoms with Gasteiger partial charge in [-0.3, -0.25) is 0 Å². The van der Waals surface area contributed by atoms with Crippen LogP contribution in [-0.2, 0) is 16.6 Å². The SMILES string of the molecule is CCC1CCN(S(=O)(=O)c2cc(CNC)cc(C)c2Br)C1. The van der Waals surface area contributed by atoms with Gasteiger partial charge in [-0.05, 0) is 59.4 Å². The summed E-state index contributed by atoms with van der Waals surface area (Å²) >= 11 is 3.45. The van der Waals surface area contributed by atoms with Crippen molar-refractivity contribution in [2.24, 2.45) is 5.92 Å². The number of sulfonamides is 1. The van der Waals surface area contributed by atoms with Crippen LogP contribution >= 0.6 is 15.9 Å². The van der Waals surface area contributed by atoms with Gasteiger partial charge in [-0.2, -0.15) is 4.31 Å². The topological polar surface area (TPSA) is 49.4 Å². The zero-order valence-corrected chi connectivity index (χ0v) is 15.2. The van der Waals surface area contributed by atoms with Crippen LogP contribution in [0.4, 0.5) is 0 Å². The predicted octanol–water partition coefficient (Wildman–Crippen LogP) is 2.90. The van der Waals surface area contributed by atoms with Gasteiger partial charge in [-0.15, -0.1) is 0 Å². The Kier molecular flexibility index (Phi) is 5.46. The van der Waals surface area contributed by atoms with Crippen molar-refractivity contribution in [1.82, 2.24) is 9.62 Å². The van der Waals surface area contributed by atoms with E-state index in [0.29, 0.717) is 34.9 Å². The normalized spacial score (nSPS) is 20.1. The van der Waals surface area contributed by atoms with Crippen molar-refractivity contribution in [3.8, 4) is 0 Å². The molecule has 0 saturated carbocycles. The lowest BCUT2D eigenvalue weighted by Crippen LogP contribution is -2.29. The van der Waals surface area contributed by atoms with Crippen LogP contribution in [0.15, 0.2) is 21.5 Å². The number of nitrogens with one attached hydrogen (secondary N) is 1. The van der Waals surface area contributed by atoms with E-state index < -0.39 is 10.0 Å². The molecule has 0 radical (unpaired) electrons. The van der Waals surface area contributed by atoms with Crippen molar-refractivity contribution in [2.75, 3.05) is 20.1 Å². The number of benzene rings is 1. The Morgan fingerprint density at radius 1 is 1.43 bits per heavy atom. The van der Waals surface area contributed by atoms with Crippen LogP contribution in [0.25, 0.3) is 0 Å². The maximum Gasteiger partial charge on any atom is 0.244 e. The molecule has 4 nitrogen and oxygen atoms in total. The first kappa shape index (κ1) is 16.9. The zero-order valence-electron chi connectivity index (χ0n) is 12.8. The van der Waals surface area contributed by atoms with Crippen LogP contribution in [-0.4, -0.2) is 32.9 Å². The van der Waals surface area contributed by atoms with Crippen molar-refractivity contribution in [3.63, 3.8) is 0 Å². The quantitative estimate of drug-likeness (QED) is 0.861. The minimum Gasteiger partial charge on any atom is -0.316 e. The van der Waals surface area contributed by atoms with Gasteiger partial charge in [0.1, 0.15) is 0 Å². The number of hydrogen-bond donors (Lipinski definition) is 1. The van der Waals surface area contributed by atoms with Gasteiger partial charge in [0.2, 0.25) is 10.0 Å². The van der Waals surface area contributed by atoms with E-state index in [9.17, 15) is 8.42 Å². The number of rotatable bonds is 5. The maximum absolute atomic E-state index is 12.9. The van der Waals surface area contributed by atoms with Crippen molar-refractivity contribution in [2.45, 2.75) is 38.1 Å². The highest BCUT2D eigenvalue weighted by molar-refractivity contribution is 9.10. The second-order valence-corrected chi connectivity index (χ2v) is 8.38. The Hall–Kier alpha value is -0.430. The Bertz CT molecular complexity index is 616. The summed E-state index contributed by atoms with van der Waals surface area (Å²) in [6.07, 6.45) is 1.99. The minimum absolute atomic E-state index is 0.393. The molecular formula is C15H23BrN2O2S. The summed E-state index contributed by atoms with van der Waals surface area (Å²) in [6, 6.07) is 3.79. The molecule has 1 aromatic carbocycles. The molecule has 1 unspecified atom stereocenters. The van der Waals surface area contributed by atoms with Gasteiger partial charge in [-0.25, -0.2) is 8.42 Å². The van der Waals surface area contributed by atoms with E-state index in [0.717, 1.165) is 24.0 Å². The van der Waals surface area contributed by atoms with E-state index in [2.05, 4.69) is 28.2 Å². The van der Waals surface area contributed by atoms with Crippen LogP contribution < -0.4 is 5.32 Å². The lowest BCUT2D eigenvalue weighted by atomic mass is 10.1. The lowest BCUT2D eigenvalue weighted by Gasteiger charge is -2.19. The van der Waals surface area contributed by atoms with Crippen molar-refractivity contribution < 1.29 is 8.42 Å². The van der Waals surface area contributed by atoms with Crippen LogP contribution in [0, 0.1) is 12.8 Å². The molecule has 0 aliphatic carbocycles. The summed E-state index contributed by atoms with van der Waals surface area (Å²) < 4.78 is 28.1. The number of halogens is 1. The van der Waals surface area contributed by atoms with Gasteiger partial charge >= 0.3 is 0 Å². The van der Waals surface area contributed by atoms with Crippen LogP contribution in [0.3, 0.4) is 0 Å².